The van der Waals surface area contributed by atoms with E-state index in [1.807, 2.05) is 20.8 Å². The highest BCUT2D eigenvalue weighted by Crippen LogP contribution is 2.34. The number of hydrogen-bond acceptors (Lipinski definition) is 5. The average molecular weight is 225 g/mol. The molecule has 1 saturated heterocycles. The van der Waals surface area contributed by atoms with Gasteiger partial charge in [-0.3, -0.25) is 0 Å². The molecule has 1 unspecified atom stereocenters. The third kappa shape index (κ3) is 1.97. The predicted molar refractivity (Wildman–Crippen MR) is 58.6 cm³/mol. The van der Waals surface area contributed by atoms with Crippen molar-refractivity contribution in [2.75, 3.05) is 6.61 Å². The van der Waals surface area contributed by atoms with Crippen LogP contribution in [-0.4, -0.2) is 16.7 Å². The first-order valence-corrected chi connectivity index (χ1v) is 5.76. The van der Waals surface area contributed by atoms with Crippen molar-refractivity contribution >= 4 is 0 Å². The van der Waals surface area contributed by atoms with E-state index < -0.39 is 5.60 Å². The van der Waals surface area contributed by atoms with Gasteiger partial charge in [0.05, 0.1) is 6.04 Å². The predicted octanol–water partition coefficient (Wildman–Crippen LogP) is 1.75. The third-order valence-electron chi connectivity index (χ3n) is 3.14. The van der Waals surface area contributed by atoms with E-state index in [1.54, 1.807) is 0 Å². The first-order chi connectivity index (χ1) is 7.53. The van der Waals surface area contributed by atoms with Crippen molar-refractivity contribution in [1.29, 1.82) is 0 Å². The lowest BCUT2D eigenvalue weighted by molar-refractivity contribution is 0.00768. The average Bonchev–Trinajstić information content (AvgIpc) is 2.85. The molecule has 0 bridgehead atoms. The van der Waals surface area contributed by atoms with Crippen LogP contribution in [-0.2, 0) is 10.3 Å². The molecule has 2 rings (SSSR count). The zero-order valence-corrected chi connectivity index (χ0v) is 10.1. The molecular formula is C11H19N3O2. The van der Waals surface area contributed by atoms with Crippen molar-refractivity contribution in [2.24, 2.45) is 11.7 Å². The van der Waals surface area contributed by atoms with Crippen LogP contribution in [0.15, 0.2) is 4.52 Å². The fraction of sp³-hybridized carbons (Fsp3) is 0.818. The van der Waals surface area contributed by atoms with Crippen LogP contribution >= 0.6 is 0 Å². The van der Waals surface area contributed by atoms with Crippen molar-refractivity contribution < 1.29 is 9.26 Å². The molecule has 0 aromatic carbocycles. The van der Waals surface area contributed by atoms with Gasteiger partial charge in [-0.05, 0) is 25.7 Å². The molecule has 5 nitrogen and oxygen atoms in total. The number of nitrogens with two attached hydrogens (primary N) is 1. The second-order valence-electron chi connectivity index (χ2n) is 4.91. The second-order valence-corrected chi connectivity index (χ2v) is 4.91. The second kappa shape index (κ2) is 4.14. The minimum atomic E-state index is -0.390. The van der Waals surface area contributed by atoms with Crippen molar-refractivity contribution in [3.63, 3.8) is 0 Å². The number of rotatable bonds is 3. The van der Waals surface area contributed by atoms with Crippen LogP contribution in [0, 0.1) is 5.92 Å². The Hall–Kier alpha value is -0.940. The number of nitrogens with zero attached hydrogens (tertiary/aromatic N) is 2. The molecule has 1 aromatic heterocycles. The lowest BCUT2D eigenvalue weighted by Gasteiger charge is -2.17. The molecule has 16 heavy (non-hydrogen) atoms. The standard InChI is InChI=1S/C11H19N3O2/c1-7(2)8(12)9-13-10(14-16-9)11(3)5-4-6-15-11/h7-8H,4-6,12H2,1-3H3/t8-,11?/m1/s1. The van der Waals surface area contributed by atoms with Crippen LogP contribution in [0.5, 0.6) is 0 Å². The Balaban J connectivity index is 2.19. The van der Waals surface area contributed by atoms with Crippen molar-refractivity contribution in [3.05, 3.63) is 11.7 Å². The van der Waals surface area contributed by atoms with Gasteiger partial charge in [0.25, 0.3) is 0 Å². The quantitative estimate of drug-likeness (QED) is 0.848. The van der Waals surface area contributed by atoms with E-state index in [2.05, 4.69) is 10.1 Å². The van der Waals surface area contributed by atoms with E-state index in [0.29, 0.717) is 11.7 Å². The summed E-state index contributed by atoms with van der Waals surface area (Å²) in [6, 6.07) is -0.203. The molecule has 1 aliphatic rings. The molecule has 2 N–H and O–H groups in total. The van der Waals surface area contributed by atoms with E-state index in [4.69, 9.17) is 15.0 Å². The van der Waals surface area contributed by atoms with Gasteiger partial charge in [-0.2, -0.15) is 4.98 Å². The molecule has 0 amide bonds. The highest BCUT2D eigenvalue weighted by Gasteiger charge is 2.37. The van der Waals surface area contributed by atoms with Crippen LogP contribution in [0.25, 0.3) is 0 Å². The SMILES string of the molecule is CC(C)[C@@H](N)c1nc(C2(C)CCCO2)no1. The van der Waals surface area contributed by atoms with Gasteiger partial charge in [0.15, 0.2) is 0 Å². The smallest absolute Gasteiger partial charge is 0.243 e. The maximum atomic E-state index is 5.96. The number of ether oxygens (including phenoxy) is 1. The Morgan fingerprint density at radius 1 is 1.44 bits per heavy atom. The molecular weight excluding hydrogens is 206 g/mol. The Labute approximate surface area is 95.3 Å². The first-order valence-electron chi connectivity index (χ1n) is 5.76. The van der Waals surface area contributed by atoms with Crippen LogP contribution in [0.4, 0.5) is 0 Å². The van der Waals surface area contributed by atoms with Gasteiger partial charge < -0.3 is 15.0 Å². The highest BCUT2D eigenvalue weighted by molar-refractivity contribution is 5.03. The number of hydrogen-bond donors (Lipinski definition) is 1. The third-order valence-corrected chi connectivity index (χ3v) is 3.14. The molecule has 1 aromatic rings. The van der Waals surface area contributed by atoms with Gasteiger partial charge in [0.1, 0.15) is 5.60 Å². The minimum Gasteiger partial charge on any atom is -0.367 e. The summed E-state index contributed by atoms with van der Waals surface area (Å²) in [5.41, 5.74) is 5.57. The molecule has 0 spiro atoms. The molecule has 2 heterocycles. The summed E-state index contributed by atoms with van der Waals surface area (Å²) in [7, 11) is 0. The molecule has 0 saturated carbocycles. The van der Waals surface area contributed by atoms with Gasteiger partial charge in [-0.1, -0.05) is 19.0 Å². The summed E-state index contributed by atoms with van der Waals surface area (Å²) in [6.45, 7) is 6.82. The fourth-order valence-electron chi connectivity index (χ4n) is 1.83. The van der Waals surface area contributed by atoms with Crippen molar-refractivity contribution in [3.8, 4) is 0 Å². The van der Waals surface area contributed by atoms with Gasteiger partial charge >= 0.3 is 0 Å². The van der Waals surface area contributed by atoms with E-state index in [0.717, 1.165) is 19.4 Å². The van der Waals surface area contributed by atoms with Crippen molar-refractivity contribution in [2.45, 2.75) is 45.3 Å². The highest BCUT2D eigenvalue weighted by atomic mass is 16.5. The largest absolute Gasteiger partial charge is 0.367 e. The van der Waals surface area contributed by atoms with E-state index in [-0.39, 0.29) is 12.0 Å². The van der Waals surface area contributed by atoms with Crippen LogP contribution in [0.3, 0.4) is 0 Å². The molecule has 1 fully saturated rings. The Morgan fingerprint density at radius 2 is 2.19 bits per heavy atom. The Morgan fingerprint density at radius 3 is 2.75 bits per heavy atom. The minimum absolute atomic E-state index is 0.203. The molecule has 90 valence electrons. The van der Waals surface area contributed by atoms with E-state index in [1.165, 1.54) is 0 Å². The van der Waals surface area contributed by atoms with E-state index >= 15 is 0 Å². The maximum Gasteiger partial charge on any atom is 0.243 e. The summed E-state index contributed by atoms with van der Waals surface area (Å²) in [6.07, 6.45) is 1.97. The monoisotopic (exact) mass is 225 g/mol. The van der Waals surface area contributed by atoms with Gasteiger partial charge in [-0.25, -0.2) is 0 Å². The summed E-state index contributed by atoms with van der Waals surface area (Å²) >= 11 is 0. The summed E-state index contributed by atoms with van der Waals surface area (Å²) in [4.78, 5) is 4.36. The summed E-state index contributed by atoms with van der Waals surface area (Å²) in [5, 5.41) is 3.98. The Bertz CT molecular complexity index is 356. The van der Waals surface area contributed by atoms with Crippen molar-refractivity contribution in [1.82, 2.24) is 10.1 Å². The molecule has 2 atom stereocenters. The fourth-order valence-corrected chi connectivity index (χ4v) is 1.83. The van der Waals surface area contributed by atoms with E-state index in [9.17, 15) is 0 Å². The van der Waals surface area contributed by atoms with Crippen LogP contribution in [0.1, 0.15) is 51.4 Å². The lowest BCUT2D eigenvalue weighted by atomic mass is 10.0. The van der Waals surface area contributed by atoms with Gasteiger partial charge in [0.2, 0.25) is 11.7 Å². The van der Waals surface area contributed by atoms with Crippen LogP contribution < -0.4 is 5.73 Å². The zero-order valence-electron chi connectivity index (χ0n) is 10.1. The first kappa shape index (κ1) is 11.5. The molecule has 5 heteroatoms. The van der Waals surface area contributed by atoms with Gasteiger partial charge in [-0.15, -0.1) is 0 Å². The maximum absolute atomic E-state index is 5.96. The normalized spacial score (nSPS) is 27.6. The molecule has 1 aliphatic heterocycles. The summed E-state index contributed by atoms with van der Waals surface area (Å²) in [5.74, 6) is 1.41. The molecule has 0 radical (unpaired) electrons. The summed E-state index contributed by atoms with van der Waals surface area (Å²) < 4.78 is 10.9. The number of aromatic nitrogens is 2. The zero-order chi connectivity index (χ0) is 11.8. The Kier molecular flexibility index (Phi) is 2.99. The topological polar surface area (TPSA) is 74.2 Å². The van der Waals surface area contributed by atoms with Crippen LogP contribution in [0.2, 0.25) is 0 Å². The van der Waals surface area contributed by atoms with Gasteiger partial charge in [0, 0.05) is 6.61 Å². The molecule has 0 aliphatic carbocycles. The lowest BCUT2D eigenvalue weighted by Crippen LogP contribution is -2.22.